The number of urea groups is 1. The van der Waals surface area contributed by atoms with Crippen molar-refractivity contribution in [3.8, 4) is 0 Å². The topological polar surface area (TPSA) is 106 Å². The van der Waals surface area contributed by atoms with Crippen molar-refractivity contribution in [1.82, 2.24) is 16.0 Å². The van der Waals surface area contributed by atoms with Crippen molar-refractivity contribution in [2.24, 2.45) is 0 Å². The molecule has 0 radical (unpaired) electrons. The molecule has 1 aliphatic carbocycles. The van der Waals surface area contributed by atoms with E-state index in [9.17, 15) is 14.4 Å². The molecule has 0 aromatic carbocycles. The first-order valence-corrected chi connectivity index (χ1v) is 8.32. The van der Waals surface area contributed by atoms with E-state index in [0.29, 0.717) is 13.0 Å². The summed E-state index contributed by atoms with van der Waals surface area (Å²) in [6.45, 7) is 5.88. The summed E-state index contributed by atoms with van der Waals surface area (Å²) in [4.78, 5) is 34.2. The second-order valence-corrected chi connectivity index (χ2v) is 5.61. The zero-order valence-corrected chi connectivity index (χ0v) is 14.1. The van der Waals surface area contributed by atoms with E-state index in [1.807, 2.05) is 6.92 Å². The van der Waals surface area contributed by atoms with E-state index < -0.39 is 12.1 Å². The van der Waals surface area contributed by atoms with Crippen LogP contribution in [0.25, 0.3) is 0 Å². The molecular weight excluding hydrogens is 314 g/mol. The number of esters is 1. The van der Waals surface area contributed by atoms with Crippen LogP contribution in [-0.2, 0) is 14.3 Å². The Balaban J connectivity index is 2.22. The van der Waals surface area contributed by atoms with Gasteiger partial charge in [0, 0.05) is 24.7 Å². The number of hydrogen-bond acceptors (Lipinski definition) is 5. The Kier molecular flexibility index (Phi) is 9.33. The molecule has 0 spiro atoms. The molecule has 3 amide bonds. The van der Waals surface area contributed by atoms with E-state index in [4.69, 9.17) is 9.47 Å². The molecule has 0 aromatic heterocycles. The van der Waals surface area contributed by atoms with Gasteiger partial charge in [0.05, 0.1) is 0 Å². The molecule has 3 N–H and O–H groups in total. The highest BCUT2D eigenvalue weighted by Gasteiger charge is 2.24. The lowest BCUT2D eigenvalue weighted by Gasteiger charge is -2.30. The molecule has 0 aliphatic heterocycles. The molecule has 2 unspecified atom stereocenters. The average molecular weight is 341 g/mol. The van der Waals surface area contributed by atoms with E-state index in [-0.39, 0.29) is 31.3 Å². The van der Waals surface area contributed by atoms with Crippen molar-refractivity contribution < 1.29 is 23.9 Å². The van der Waals surface area contributed by atoms with Crippen LogP contribution < -0.4 is 16.0 Å². The van der Waals surface area contributed by atoms with Gasteiger partial charge in [0.1, 0.15) is 13.2 Å². The van der Waals surface area contributed by atoms with Crippen LogP contribution in [0, 0.1) is 0 Å². The first-order chi connectivity index (χ1) is 11.5. The minimum absolute atomic E-state index is 0.00921. The molecule has 8 heteroatoms. The Morgan fingerprint density at radius 1 is 1.12 bits per heavy atom. The maximum absolute atomic E-state index is 11.7. The second-order valence-electron chi connectivity index (χ2n) is 5.61. The Morgan fingerprint density at radius 2 is 1.79 bits per heavy atom. The van der Waals surface area contributed by atoms with Gasteiger partial charge in [-0.15, -0.1) is 0 Å². The molecule has 24 heavy (non-hydrogen) atoms. The van der Waals surface area contributed by atoms with Crippen molar-refractivity contribution in [2.45, 2.75) is 51.1 Å². The van der Waals surface area contributed by atoms with Crippen LogP contribution in [0.5, 0.6) is 0 Å². The number of alkyl carbamates (subject to hydrolysis) is 1. The molecule has 1 aliphatic rings. The van der Waals surface area contributed by atoms with Gasteiger partial charge in [-0.25, -0.2) is 14.4 Å². The summed E-state index contributed by atoms with van der Waals surface area (Å²) in [7, 11) is 0. The third-order valence-corrected chi connectivity index (χ3v) is 3.59. The van der Waals surface area contributed by atoms with Gasteiger partial charge in [-0.3, -0.25) is 0 Å². The Morgan fingerprint density at radius 3 is 2.46 bits per heavy atom. The lowest BCUT2D eigenvalue weighted by Crippen LogP contribution is -2.48. The zero-order chi connectivity index (χ0) is 17.8. The predicted octanol–water partition coefficient (Wildman–Crippen LogP) is 1.46. The summed E-state index contributed by atoms with van der Waals surface area (Å²) in [5.41, 5.74) is 0. The zero-order valence-electron chi connectivity index (χ0n) is 14.1. The number of carbonyl (C=O) groups is 3. The van der Waals surface area contributed by atoms with Gasteiger partial charge in [0.25, 0.3) is 0 Å². The van der Waals surface area contributed by atoms with Crippen LogP contribution in [0.4, 0.5) is 9.59 Å². The van der Waals surface area contributed by atoms with Crippen LogP contribution >= 0.6 is 0 Å². The molecule has 0 aromatic rings. The first kappa shape index (κ1) is 19.8. The maximum Gasteiger partial charge on any atom is 0.407 e. The van der Waals surface area contributed by atoms with Crippen LogP contribution in [-0.4, -0.2) is 49.9 Å². The minimum Gasteiger partial charge on any atom is -0.459 e. The monoisotopic (exact) mass is 341 g/mol. The van der Waals surface area contributed by atoms with Gasteiger partial charge in [-0.1, -0.05) is 13.5 Å². The molecule has 1 rings (SSSR count). The number of ether oxygens (including phenoxy) is 2. The third-order valence-electron chi connectivity index (χ3n) is 3.59. The lowest BCUT2D eigenvalue weighted by atomic mass is 9.91. The van der Waals surface area contributed by atoms with Crippen LogP contribution in [0.2, 0.25) is 0 Å². The highest BCUT2D eigenvalue weighted by molar-refractivity contribution is 5.81. The van der Waals surface area contributed by atoms with E-state index in [0.717, 1.165) is 31.8 Å². The SMILES string of the molecule is C=CC(=O)OCCOC(=O)NC1CCCC(NC(=O)NCCC)C1. The molecule has 1 fully saturated rings. The number of carbonyl (C=O) groups excluding carboxylic acids is 3. The molecular formula is C16H27N3O5. The van der Waals surface area contributed by atoms with Crippen molar-refractivity contribution in [1.29, 1.82) is 0 Å². The highest BCUT2D eigenvalue weighted by atomic mass is 16.6. The van der Waals surface area contributed by atoms with Crippen molar-refractivity contribution in [2.75, 3.05) is 19.8 Å². The predicted molar refractivity (Wildman–Crippen MR) is 88.5 cm³/mol. The summed E-state index contributed by atoms with van der Waals surface area (Å²) in [6, 6.07) is -0.179. The Bertz CT molecular complexity index is 441. The van der Waals surface area contributed by atoms with Crippen LogP contribution in [0.3, 0.4) is 0 Å². The van der Waals surface area contributed by atoms with Gasteiger partial charge in [0.2, 0.25) is 0 Å². The van der Waals surface area contributed by atoms with Gasteiger partial charge in [0.15, 0.2) is 0 Å². The molecule has 8 nitrogen and oxygen atoms in total. The van der Waals surface area contributed by atoms with Crippen LogP contribution in [0.1, 0.15) is 39.0 Å². The van der Waals surface area contributed by atoms with E-state index in [1.165, 1.54) is 0 Å². The fourth-order valence-corrected chi connectivity index (χ4v) is 2.47. The molecule has 136 valence electrons. The molecule has 0 bridgehead atoms. The van der Waals surface area contributed by atoms with Crippen molar-refractivity contribution >= 4 is 18.1 Å². The summed E-state index contributed by atoms with van der Waals surface area (Å²) in [6.07, 6.45) is 4.70. The maximum atomic E-state index is 11.7. The molecule has 0 heterocycles. The summed E-state index contributed by atoms with van der Waals surface area (Å²) >= 11 is 0. The van der Waals surface area contributed by atoms with E-state index in [1.54, 1.807) is 0 Å². The van der Waals surface area contributed by atoms with Crippen molar-refractivity contribution in [3.05, 3.63) is 12.7 Å². The van der Waals surface area contributed by atoms with E-state index in [2.05, 4.69) is 22.5 Å². The fourth-order valence-electron chi connectivity index (χ4n) is 2.47. The van der Waals surface area contributed by atoms with Crippen molar-refractivity contribution in [3.63, 3.8) is 0 Å². The standard InChI is InChI=1S/C16H27N3O5/c1-3-8-17-15(21)18-12-6-5-7-13(11-12)19-16(22)24-10-9-23-14(20)4-2/h4,12-13H,2-3,5-11H2,1H3,(H,19,22)(H2,17,18,21). The molecule has 0 saturated heterocycles. The Hall–Kier alpha value is -2.25. The normalized spacial score (nSPS) is 19.7. The smallest absolute Gasteiger partial charge is 0.407 e. The largest absolute Gasteiger partial charge is 0.459 e. The first-order valence-electron chi connectivity index (χ1n) is 8.32. The molecule has 2 atom stereocenters. The number of nitrogens with one attached hydrogen (secondary N) is 3. The number of amides is 3. The summed E-state index contributed by atoms with van der Waals surface area (Å²) in [5.74, 6) is -0.554. The van der Waals surface area contributed by atoms with Crippen LogP contribution in [0.15, 0.2) is 12.7 Å². The third kappa shape index (κ3) is 8.40. The minimum atomic E-state index is -0.554. The van der Waals surface area contributed by atoms with Gasteiger partial charge < -0.3 is 25.4 Å². The lowest BCUT2D eigenvalue weighted by molar-refractivity contribution is -0.138. The fraction of sp³-hybridized carbons (Fsp3) is 0.688. The second kappa shape index (κ2) is 11.3. The average Bonchev–Trinajstić information content (AvgIpc) is 2.57. The number of rotatable bonds is 8. The summed E-state index contributed by atoms with van der Waals surface area (Å²) < 4.78 is 9.66. The quantitative estimate of drug-likeness (QED) is 0.352. The number of hydrogen-bond donors (Lipinski definition) is 3. The van der Waals surface area contributed by atoms with Gasteiger partial charge in [-0.2, -0.15) is 0 Å². The summed E-state index contributed by atoms with van der Waals surface area (Å²) in [5, 5.41) is 8.47. The molecule has 1 saturated carbocycles. The highest BCUT2D eigenvalue weighted by Crippen LogP contribution is 2.18. The van der Waals surface area contributed by atoms with Gasteiger partial charge >= 0.3 is 18.1 Å². The van der Waals surface area contributed by atoms with E-state index >= 15 is 0 Å². The Labute approximate surface area is 142 Å². The van der Waals surface area contributed by atoms with Gasteiger partial charge in [-0.05, 0) is 32.1 Å².